The maximum Gasteiger partial charge on any atom is 0.157 e. The van der Waals surface area contributed by atoms with Gasteiger partial charge in [-0.2, -0.15) is 0 Å². The molecule has 1 aliphatic heterocycles. The quantitative estimate of drug-likeness (QED) is 0.490. The van der Waals surface area contributed by atoms with Crippen molar-refractivity contribution in [1.82, 2.24) is 0 Å². The van der Waals surface area contributed by atoms with Crippen molar-refractivity contribution in [3.05, 3.63) is 23.8 Å². The highest BCUT2D eigenvalue weighted by Crippen LogP contribution is 2.14. The molecule has 1 aliphatic rings. The molecule has 0 spiro atoms. The normalized spacial score (nSPS) is 20.8. The Hall–Kier alpha value is -0.930. The first-order chi connectivity index (χ1) is 11.1. The summed E-state index contributed by atoms with van der Waals surface area (Å²) in [6.45, 7) is 7.84. The molecule has 2 unspecified atom stereocenters. The minimum atomic E-state index is -0.00787. The van der Waals surface area contributed by atoms with Crippen molar-refractivity contribution in [2.45, 2.75) is 78.4 Å². The molecule has 0 radical (unpaired) electrons. The van der Waals surface area contributed by atoms with Gasteiger partial charge in [-0.25, -0.2) is 0 Å². The SMILES string of the molecule is CCCC(=O)CCC(C)=CCC(C)C=CCOC1CCCCO1. The molecule has 0 aromatic carbocycles. The van der Waals surface area contributed by atoms with Gasteiger partial charge >= 0.3 is 0 Å². The smallest absolute Gasteiger partial charge is 0.157 e. The molecule has 23 heavy (non-hydrogen) atoms. The standard InChI is InChI=1S/C20H34O3/c1-4-8-19(21)14-13-18(3)12-11-17(2)9-7-16-23-20-10-5-6-15-22-20/h7,9,12,17,20H,4-6,8,10-11,13-16H2,1-3H3. The van der Waals surface area contributed by atoms with E-state index in [2.05, 4.69) is 39.0 Å². The second-order valence-corrected chi connectivity index (χ2v) is 6.61. The van der Waals surface area contributed by atoms with Crippen molar-refractivity contribution >= 4 is 5.78 Å². The van der Waals surface area contributed by atoms with Gasteiger partial charge in [0, 0.05) is 19.4 Å². The predicted octanol–water partition coefficient (Wildman–Crippen LogP) is 5.21. The number of hydrogen-bond acceptors (Lipinski definition) is 3. The molecule has 2 atom stereocenters. The molecule has 3 nitrogen and oxygen atoms in total. The predicted molar refractivity (Wildman–Crippen MR) is 95.4 cm³/mol. The summed E-state index contributed by atoms with van der Waals surface area (Å²) in [7, 11) is 0. The van der Waals surface area contributed by atoms with Gasteiger partial charge in [-0.15, -0.1) is 0 Å². The maximum atomic E-state index is 11.5. The van der Waals surface area contributed by atoms with E-state index in [1.165, 1.54) is 12.0 Å². The molecule has 132 valence electrons. The summed E-state index contributed by atoms with van der Waals surface area (Å²) in [5.41, 5.74) is 1.32. The van der Waals surface area contributed by atoms with Crippen LogP contribution in [0.2, 0.25) is 0 Å². The Morgan fingerprint density at radius 3 is 2.83 bits per heavy atom. The van der Waals surface area contributed by atoms with Crippen LogP contribution < -0.4 is 0 Å². The number of ether oxygens (including phenoxy) is 2. The minimum absolute atomic E-state index is 0.00787. The molecular formula is C20H34O3. The van der Waals surface area contributed by atoms with Crippen molar-refractivity contribution in [2.75, 3.05) is 13.2 Å². The van der Waals surface area contributed by atoms with Gasteiger partial charge in [0.25, 0.3) is 0 Å². The highest BCUT2D eigenvalue weighted by molar-refractivity contribution is 5.78. The van der Waals surface area contributed by atoms with Gasteiger partial charge in [0.2, 0.25) is 0 Å². The van der Waals surface area contributed by atoms with Crippen LogP contribution in [0.25, 0.3) is 0 Å². The first-order valence-electron chi connectivity index (χ1n) is 9.19. The second-order valence-electron chi connectivity index (χ2n) is 6.61. The third-order valence-corrected chi connectivity index (χ3v) is 4.15. The lowest BCUT2D eigenvalue weighted by Crippen LogP contribution is -2.22. The number of carbonyl (C=O) groups is 1. The number of ketones is 1. The molecule has 0 N–H and O–H groups in total. The van der Waals surface area contributed by atoms with Crippen LogP contribution in [-0.4, -0.2) is 25.3 Å². The topological polar surface area (TPSA) is 35.5 Å². The Labute approximate surface area is 142 Å². The molecule has 1 rings (SSSR count). The summed E-state index contributed by atoms with van der Waals surface area (Å²) in [4.78, 5) is 11.5. The molecule has 1 heterocycles. The fourth-order valence-corrected chi connectivity index (χ4v) is 2.60. The van der Waals surface area contributed by atoms with Gasteiger partial charge in [0.05, 0.1) is 6.61 Å². The molecular weight excluding hydrogens is 288 g/mol. The van der Waals surface area contributed by atoms with Crippen LogP contribution in [0.5, 0.6) is 0 Å². The van der Waals surface area contributed by atoms with Crippen LogP contribution in [0.1, 0.15) is 72.1 Å². The average Bonchev–Trinajstić information content (AvgIpc) is 2.56. The van der Waals surface area contributed by atoms with E-state index in [9.17, 15) is 4.79 Å². The molecule has 0 bridgehead atoms. The number of allylic oxidation sites excluding steroid dienone is 3. The summed E-state index contributed by atoms with van der Waals surface area (Å²) in [5, 5.41) is 0. The molecule has 0 aromatic rings. The van der Waals surface area contributed by atoms with Crippen molar-refractivity contribution in [2.24, 2.45) is 5.92 Å². The number of rotatable bonds is 11. The Bertz CT molecular complexity index is 378. The number of Topliss-reactive ketones (excluding diaryl/α,β-unsaturated/α-hetero) is 1. The van der Waals surface area contributed by atoms with E-state index in [4.69, 9.17) is 9.47 Å². The van der Waals surface area contributed by atoms with Crippen LogP contribution in [0.15, 0.2) is 23.8 Å². The third-order valence-electron chi connectivity index (χ3n) is 4.15. The third kappa shape index (κ3) is 10.5. The summed E-state index contributed by atoms with van der Waals surface area (Å²) < 4.78 is 11.2. The monoisotopic (exact) mass is 322 g/mol. The molecule has 0 saturated carbocycles. The number of hydrogen-bond donors (Lipinski definition) is 0. The highest BCUT2D eigenvalue weighted by Gasteiger charge is 2.12. The fourth-order valence-electron chi connectivity index (χ4n) is 2.60. The molecule has 3 heteroatoms. The lowest BCUT2D eigenvalue weighted by molar-refractivity contribution is -0.155. The van der Waals surface area contributed by atoms with Gasteiger partial charge < -0.3 is 9.47 Å². The van der Waals surface area contributed by atoms with E-state index in [-0.39, 0.29) is 6.29 Å². The first-order valence-corrected chi connectivity index (χ1v) is 9.19. The first kappa shape index (κ1) is 20.1. The minimum Gasteiger partial charge on any atom is -0.353 e. The van der Waals surface area contributed by atoms with Gasteiger partial charge in [-0.1, -0.05) is 37.6 Å². The zero-order chi connectivity index (χ0) is 16.9. The van der Waals surface area contributed by atoms with Gasteiger partial charge in [-0.05, 0) is 51.4 Å². The molecule has 0 aliphatic carbocycles. The van der Waals surface area contributed by atoms with Crippen molar-refractivity contribution < 1.29 is 14.3 Å². The molecule has 0 amide bonds. The maximum absolute atomic E-state index is 11.5. The fraction of sp³-hybridized carbons (Fsp3) is 0.750. The highest BCUT2D eigenvalue weighted by atomic mass is 16.7. The van der Waals surface area contributed by atoms with E-state index in [1.807, 2.05) is 0 Å². The zero-order valence-electron chi connectivity index (χ0n) is 15.2. The zero-order valence-corrected chi connectivity index (χ0v) is 15.2. The van der Waals surface area contributed by atoms with Gasteiger partial charge in [-0.3, -0.25) is 4.79 Å². The van der Waals surface area contributed by atoms with E-state index in [1.54, 1.807) is 0 Å². The summed E-state index contributed by atoms with van der Waals surface area (Å²) in [6.07, 6.45) is 14.2. The molecule has 0 aromatic heterocycles. The summed E-state index contributed by atoms with van der Waals surface area (Å²) in [5.74, 6) is 0.877. The summed E-state index contributed by atoms with van der Waals surface area (Å²) in [6, 6.07) is 0. The van der Waals surface area contributed by atoms with E-state index >= 15 is 0 Å². The molecule has 1 saturated heterocycles. The average molecular weight is 322 g/mol. The Kier molecular flexibility index (Phi) is 10.9. The van der Waals surface area contributed by atoms with Crippen LogP contribution in [0.4, 0.5) is 0 Å². The second kappa shape index (κ2) is 12.5. The van der Waals surface area contributed by atoms with Crippen molar-refractivity contribution in [3.63, 3.8) is 0 Å². The lowest BCUT2D eigenvalue weighted by Gasteiger charge is -2.21. The van der Waals surface area contributed by atoms with Crippen molar-refractivity contribution in [1.29, 1.82) is 0 Å². The Morgan fingerprint density at radius 2 is 2.13 bits per heavy atom. The van der Waals surface area contributed by atoms with Crippen LogP contribution in [-0.2, 0) is 14.3 Å². The van der Waals surface area contributed by atoms with E-state index < -0.39 is 0 Å². The van der Waals surface area contributed by atoms with Crippen molar-refractivity contribution in [3.8, 4) is 0 Å². The van der Waals surface area contributed by atoms with Crippen LogP contribution in [0.3, 0.4) is 0 Å². The largest absolute Gasteiger partial charge is 0.353 e. The van der Waals surface area contributed by atoms with Gasteiger partial charge in [0.15, 0.2) is 6.29 Å². The number of carbonyl (C=O) groups excluding carboxylic acids is 1. The Morgan fingerprint density at radius 1 is 1.30 bits per heavy atom. The lowest BCUT2D eigenvalue weighted by atomic mass is 10.0. The van der Waals surface area contributed by atoms with E-state index in [0.29, 0.717) is 24.7 Å². The van der Waals surface area contributed by atoms with Gasteiger partial charge in [0.1, 0.15) is 5.78 Å². The Balaban J connectivity index is 2.13. The molecule has 1 fully saturated rings. The van der Waals surface area contributed by atoms with Crippen LogP contribution >= 0.6 is 0 Å². The van der Waals surface area contributed by atoms with E-state index in [0.717, 1.165) is 45.1 Å². The van der Waals surface area contributed by atoms with Crippen LogP contribution in [0, 0.1) is 5.92 Å². The summed E-state index contributed by atoms with van der Waals surface area (Å²) >= 11 is 0.